The third kappa shape index (κ3) is 1.91. The molecule has 1 aliphatic carbocycles. The zero-order valence-corrected chi connectivity index (χ0v) is 10.6. The molecule has 2 atom stereocenters. The number of carbonyl (C=O) groups excluding carboxylic acids is 2. The lowest BCUT2D eigenvalue weighted by Crippen LogP contribution is -2.30. The summed E-state index contributed by atoms with van der Waals surface area (Å²) < 4.78 is 5.12. The summed E-state index contributed by atoms with van der Waals surface area (Å²) in [5, 5.41) is 0. The number of ketones is 2. The molecule has 3 nitrogen and oxygen atoms in total. The van der Waals surface area contributed by atoms with Crippen LogP contribution in [-0.4, -0.2) is 11.6 Å². The van der Waals surface area contributed by atoms with E-state index in [-0.39, 0.29) is 23.2 Å². The Balaban J connectivity index is 1.99. The number of hydrogen-bond acceptors (Lipinski definition) is 3. The molecular weight excluding hydrogens is 240 g/mol. The molecule has 2 unspecified atom stereocenters. The molecule has 3 rings (SSSR count). The van der Waals surface area contributed by atoms with Crippen molar-refractivity contribution in [1.82, 2.24) is 0 Å². The Hall–Kier alpha value is -2.16. The zero-order chi connectivity index (χ0) is 13.4. The quantitative estimate of drug-likeness (QED) is 0.609. The number of hydrogen-bond donors (Lipinski definition) is 0. The summed E-state index contributed by atoms with van der Waals surface area (Å²) in [6.07, 6.45) is 2.01. The Morgan fingerprint density at radius 1 is 1.21 bits per heavy atom. The highest BCUT2D eigenvalue weighted by Crippen LogP contribution is 2.35. The van der Waals surface area contributed by atoms with Gasteiger partial charge in [0.1, 0.15) is 0 Å². The highest BCUT2D eigenvalue weighted by molar-refractivity contribution is 6.16. The second kappa shape index (κ2) is 4.50. The lowest BCUT2D eigenvalue weighted by Gasteiger charge is -2.26. The van der Waals surface area contributed by atoms with Crippen LogP contribution in [0.5, 0.6) is 0 Å². The maximum absolute atomic E-state index is 12.4. The first-order valence-electron chi connectivity index (χ1n) is 6.39. The van der Waals surface area contributed by atoms with Crippen molar-refractivity contribution in [1.29, 1.82) is 0 Å². The molecule has 0 amide bonds. The highest BCUT2D eigenvalue weighted by Gasteiger charge is 2.37. The molecule has 0 aliphatic heterocycles. The van der Waals surface area contributed by atoms with E-state index in [1.807, 2.05) is 25.1 Å². The van der Waals surface area contributed by atoms with Gasteiger partial charge < -0.3 is 4.42 Å². The third-order valence-electron chi connectivity index (χ3n) is 3.74. The van der Waals surface area contributed by atoms with Crippen LogP contribution in [0, 0.1) is 5.92 Å². The zero-order valence-electron chi connectivity index (χ0n) is 10.6. The Kier molecular flexibility index (Phi) is 2.82. The van der Waals surface area contributed by atoms with E-state index in [0.29, 0.717) is 12.0 Å². The van der Waals surface area contributed by atoms with Gasteiger partial charge in [0, 0.05) is 5.56 Å². The number of Topliss-reactive ketones (excluding diaryl/α,β-unsaturated/α-hetero) is 2. The molecule has 1 aliphatic rings. The van der Waals surface area contributed by atoms with Gasteiger partial charge in [-0.3, -0.25) is 9.59 Å². The molecule has 1 aromatic heterocycles. The van der Waals surface area contributed by atoms with Gasteiger partial charge in [0.05, 0.1) is 12.2 Å². The summed E-state index contributed by atoms with van der Waals surface area (Å²) in [7, 11) is 0. The van der Waals surface area contributed by atoms with E-state index in [4.69, 9.17) is 4.42 Å². The number of benzene rings is 1. The molecule has 0 saturated carbocycles. The fourth-order valence-corrected chi connectivity index (χ4v) is 2.74. The second-order valence-corrected chi connectivity index (χ2v) is 4.98. The van der Waals surface area contributed by atoms with E-state index in [9.17, 15) is 9.59 Å². The van der Waals surface area contributed by atoms with Crippen molar-refractivity contribution in [2.45, 2.75) is 19.3 Å². The van der Waals surface area contributed by atoms with Gasteiger partial charge in [-0.05, 0) is 30.0 Å². The fraction of sp³-hybridized carbons (Fsp3) is 0.250. The SMILES string of the molecule is CC1CC(C(=O)c2ccco2)C(=O)c2ccccc21. The Morgan fingerprint density at radius 3 is 2.74 bits per heavy atom. The lowest BCUT2D eigenvalue weighted by atomic mass is 9.75. The van der Waals surface area contributed by atoms with Gasteiger partial charge in [-0.25, -0.2) is 0 Å². The van der Waals surface area contributed by atoms with E-state index < -0.39 is 5.92 Å². The predicted molar refractivity (Wildman–Crippen MR) is 70.3 cm³/mol. The molecule has 0 fully saturated rings. The summed E-state index contributed by atoms with van der Waals surface area (Å²) in [5.74, 6) is -0.440. The Morgan fingerprint density at radius 2 is 2.00 bits per heavy atom. The van der Waals surface area contributed by atoms with Crippen LogP contribution in [0.15, 0.2) is 47.1 Å². The van der Waals surface area contributed by atoms with Gasteiger partial charge in [0.2, 0.25) is 5.78 Å². The average molecular weight is 254 g/mol. The maximum atomic E-state index is 12.4. The van der Waals surface area contributed by atoms with Gasteiger partial charge in [0.15, 0.2) is 11.5 Å². The molecule has 0 bridgehead atoms. The number of carbonyl (C=O) groups is 2. The van der Waals surface area contributed by atoms with Crippen molar-refractivity contribution < 1.29 is 14.0 Å². The van der Waals surface area contributed by atoms with Gasteiger partial charge in [-0.15, -0.1) is 0 Å². The molecule has 19 heavy (non-hydrogen) atoms. The van der Waals surface area contributed by atoms with Gasteiger partial charge in [0.25, 0.3) is 0 Å². The van der Waals surface area contributed by atoms with Crippen LogP contribution >= 0.6 is 0 Å². The standard InChI is InChI=1S/C16H14O3/c1-10-9-13(16(18)14-7-4-8-19-14)15(17)12-6-3-2-5-11(10)12/h2-8,10,13H,9H2,1H3. The number of rotatable bonds is 2. The summed E-state index contributed by atoms with van der Waals surface area (Å²) in [6, 6.07) is 10.8. The Labute approximate surface area is 111 Å². The minimum Gasteiger partial charge on any atom is -0.461 e. The van der Waals surface area contributed by atoms with E-state index in [1.165, 1.54) is 6.26 Å². The van der Waals surface area contributed by atoms with Crippen molar-refractivity contribution in [3.8, 4) is 0 Å². The van der Waals surface area contributed by atoms with Crippen molar-refractivity contribution in [2.24, 2.45) is 5.92 Å². The molecule has 96 valence electrons. The normalized spacial score (nSPS) is 22.1. The van der Waals surface area contributed by atoms with Crippen molar-refractivity contribution in [3.05, 3.63) is 59.5 Å². The van der Waals surface area contributed by atoms with Crippen LogP contribution < -0.4 is 0 Å². The number of furan rings is 1. The first-order valence-corrected chi connectivity index (χ1v) is 6.39. The predicted octanol–water partition coefficient (Wildman–Crippen LogP) is 3.47. The van der Waals surface area contributed by atoms with E-state index >= 15 is 0 Å². The van der Waals surface area contributed by atoms with Crippen LogP contribution in [0.25, 0.3) is 0 Å². The first kappa shape index (κ1) is 11.9. The fourth-order valence-electron chi connectivity index (χ4n) is 2.74. The molecule has 1 aromatic carbocycles. The summed E-state index contributed by atoms with van der Waals surface area (Å²) in [6.45, 7) is 2.05. The maximum Gasteiger partial charge on any atom is 0.208 e. The lowest BCUT2D eigenvalue weighted by molar-refractivity contribution is 0.0765. The molecule has 0 spiro atoms. The van der Waals surface area contributed by atoms with E-state index in [0.717, 1.165) is 5.56 Å². The van der Waals surface area contributed by atoms with Crippen molar-refractivity contribution in [3.63, 3.8) is 0 Å². The van der Waals surface area contributed by atoms with Crippen LogP contribution in [0.2, 0.25) is 0 Å². The second-order valence-electron chi connectivity index (χ2n) is 4.98. The van der Waals surface area contributed by atoms with Crippen LogP contribution in [0.3, 0.4) is 0 Å². The Bertz CT molecular complexity index is 625. The smallest absolute Gasteiger partial charge is 0.208 e. The van der Waals surface area contributed by atoms with Gasteiger partial charge in [-0.2, -0.15) is 0 Å². The van der Waals surface area contributed by atoms with Gasteiger partial charge >= 0.3 is 0 Å². The summed E-state index contributed by atoms with van der Waals surface area (Å²) in [5.41, 5.74) is 1.71. The largest absolute Gasteiger partial charge is 0.461 e. The molecule has 3 heteroatoms. The van der Waals surface area contributed by atoms with Crippen LogP contribution in [-0.2, 0) is 0 Å². The minimum atomic E-state index is -0.615. The first-order chi connectivity index (χ1) is 9.18. The molecular formula is C16H14O3. The monoisotopic (exact) mass is 254 g/mol. The average Bonchev–Trinajstić information content (AvgIpc) is 2.96. The molecule has 0 N–H and O–H groups in total. The third-order valence-corrected chi connectivity index (χ3v) is 3.74. The summed E-state index contributed by atoms with van der Waals surface area (Å²) in [4.78, 5) is 24.7. The molecule has 0 saturated heterocycles. The molecule has 1 heterocycles. The highest BCUT2D eigenvalue weighted by atomic mass is 16.3. The van der Waals surface area contributed by atoms with Gasteiger partial charge in [-0.1, -0.05) is 31.2 Å². The summed E-state index contributed by atoms with van der Waals surface area (Å²) >= 11 is 0. The van der Waals surface area contributed by atoms with Crippen LogP contribution in [0.1, 0.15) is 45.7 Å². The van der Waals surface area contributed by atoms with Crippen molar-refractivity contribution in [2.75, 3.05) is 0 Å². The van der Waals surface area contributed by atoms with E-state index in [2.05, 4.69) is 0 Å². The molecule has 2 aromatic rings. The van der Waals surface area contributed by atoms with Crippen molar-refractivity contribution >= 4 is 11.6 Å². The topological polar surface area (TPSA) is 47.3 Å². The minimum absolute atomic E-state index is 0.0879. The number of fused-ring (bicyclic) bond motifs is 1. The van der Waals surface area contributed by atoms with Crippen LogP contribution in [0.4, 0.5) is 0 Å². The van der Waals surface area contributed by atoms with E-state index in [1.54, 1.807) is 18.2 Å². The molecule has 0 radical (unpaired) electrons.